The van der Waals surface area contributed by atoms with Gasteiger partial charge in [-0.05, 0) is 48.0 Å². The molecule has 0 atom stereocenters. The summed E-state index contributed by atoms with van der Waals surface area (Å²) in [5.74, 6) is -0.114. The van der Waals surface area contributed by atoms with Crippen molar-refractivity contribution < 1.29 is 23.9 Å². The van der Waals surface area contributed by atoms with Gasteiger partial charge in [0.1, 0.15) is 5.75 Å². The monoisotopic (exact) mass is 340 g/mol. The summed E-state index contributed by atoms with van der Waals surface area (Å²) in [5, 5.41) is 2.39. The fourth-order valence-corrected chi connectivity index (χ4v) is 2.49. The molecule has 0 fully saturated rings. The maximum Gasteiger partial charge on any atom is 0.338 e. The lowest BCUT2D eigenvalue weighted by atomic mass is 10.1. The van der Waals surface area contributed by atoms with Crippen molar-refractivity contribution in [3.63, 3.8) is 0 Å². The Balaban J connectivity index is 1.58. The van der Waals surface area contributed by atoms with E-state index in [0.29, 0.717) is 17.9 Å². The van der Waals surface area contributed by atoms with Gasteiger partial charge in [-0.15, -0.1) is 0 Å². The maximum atomic E-state index is 12.2. The van der Waals surface area contributed by atoms with E-state index in [1.807, 2.05) is 0 Å². The highest BCUT2D eigenvalue weighted by atomic mass is 16.5. The molecule has 0 unspecified atom stereocenters. The Morgan fingerprint density at radius 3 is 2.52 bits per heavy atom. The predicted octanol–water partition coefficient (Wildman–Crippen LogP) is 2.15. The standard InChI is InChI=1S/C18H16N2O5/c19-18(23)20-14-4-1-11(2-5-14)17(22)25-10-15(21)12-3-6-16-13(9-12)7-8-24-16/h1-6,9H,7-8,10H2,(H3,19,20,23). The van der Waals surface area contributed by atoms with Crippen LogP contribution in [0.15, 0.2) is 42.5 Å². The minimum atomic E-state index is -0.694. The summed E-state index contributed by atoms with van der Waals surface area (Å²) in [6.07, 6.45) is 0.766. The highest BCUT2D eigenvalue weighted by Gasteiger charge is 2.16. The van der Waals surface area contributed by atoms with Gasteiger partial charge < -0.3 is 20.5 Å². The first kappa shape index (κ1) is 16.5. The molecule has 25 heavy (non-hydrogen) atoms. The zero-order chi connectivity index (χ0) is 17.8. The van der Waals surface area contributed by atoms with Crippen molar-refractivity contribution in [2.24, 2.45) is 5.73 Å². The molecule has 2 aromatic rings. The number of primary amides is 1. The average Bonchev–Trinajstić information content (AvgIpc) is 3.07. The molecule has 0 aliphatic carbocycles. The second kappa shape index (κ2) is 7.04. The molecule has 0 saturated heterocycles. The van der Waals surface area contributed by atoms with Crippen molar-refractivity contribution in [3.8, 4) is 5.75 Å². The van der Waals surface area contributed by atoms with Gasteiger partial charge in [0, 0.05) is 17.7 Å². The predicted molar refractivity (Wildman–Crippen MR) is 89.9 cm³/mol. The van der Waals surface area contributed by atoms with Crippen molar-refractivity contribution in [1.82, 2.24) is 0 Å². The molecule has 2 amide bonds. The largest absolute Gasteiger partial charge is 0.493 e. The van der Waals surface area contributed by atoms with Crippen LogP contribution in [0, 0.1) is 0 Å². The highest BCUT2D eigenvalue weighted by molar-refractivity contribution is 5.99. The molecule has 3 N–H and O–H groups in total. The lowest BCUT2D eigenvalue weighted by Gasteiger charge is -2.07. The summed E-state index contributed by atoms with van der Waals surface area (Å²) in [4.78, 5) is 34.9. The number of hydrogen-bond acceptors (Lipinski definition) is 5. The van der Waals surface area contributed by atoms with E-state index in [4.69, 9.17) is 15.2 Å². The molecule has 128 valence electrons. The van der Waals surface area contributed by atoms with Crippen molar-refractivity contribution in [1.29, 1.82) is 0 Å². The molecule has 1 aliphatic heterocycles. The smallest absolute Gasteiger partial charge is 0.338 e. The molecule has 0 aromatic heterocycles. The number of carbonyl (C=O) groups is 3. The Bertz CT molecular complexity index is 830. The zero-order valence-electron chi connectivity index (χ0n) is 13.3. The zero-order valence-corrected chi connectivity index (χ0v) is 13.3. The number of benzene rings is 2. The summed E-state index contributed by atoms with van der Waals surface area (Å²) in [5.41, 5.74) is 7.20. The molecule has 0 spiro atoms. The van der Waals surface area contributed by atoms with Crippen LogP contribution in [-0.4, -0.2) is 31.0 Å². The SMILES string of the molecule is NC(=O)Nc1ccc(C(=O)OCC(=O)c2ccc3c(c2)CCO3)cc1. The molecule has 2 aromatic carbocycles. The van der Waals surface area contributed by atoms with Crippen molar-refractivity contribution in [2.75, 3.05) is 18.5 Å². The van der Waals surface area contributed by atoms with Crippen LogP contribution in [0.3, 0.4) is 0 Å². The number of anilines is 1. The number of esters is 1. The lowest BCUT2D eigenvalue weighted by molar-refractivity contribution is 0.0475. The van der Waals surface area contributed by atoms with Gasteiger partial charge in [0.15, 0.2) is 12.4 Å². The number of ether oxygens (including phenoxy) is 2. The molecule has 0 saturated carbocycles. The Hall–Kier alpha value is -3.35. The number of carbonyl (C=O) groups excluding carboxylic acids is 3. The number of nitrogens with one attached hydrogen (secondary N) is 1. The summed E-state index contributed by atoms with van der Waals surface area (Å²) in [6, 6.07) is 10.5. The number of nitrogens with two attached hydrogens (primary N) is 1. The molecular formula is C18H16N2O5. The van der Waals surface area contributed by atoms with E-state index in [2.05, 4.69) is 5.32 Å². The van der Waals surface area contributed by atoms with Gasteiger partial charge in [-0.25, -0.2) is 9.59 Å². The van der Waals surface area contributed by atoms with Gasteiger partial charge in [0.05, 0.1) is 12.2 Å². The van der Waals surface area contributed by atoms with Crippen molar-refractivity contribution in [3.05, 3.63) is 59.2 Å². The second-order valence-electron chi connectivity index (χ2n) is 5.49. The molecule has 0 bridgehead atoms. The highest BCUT2D eigenvalue weighted by Crippen LogP contribution is 2.26. The first-order valence-electron chi connectivity index (χ1n) is 7.65. The van der Waals surface area contributed by atoms with E-state index in [1.54, 1.807) is 18.2 Å². The van der Waals surface area contributed by atoms with Gasteiger partial charge in [-0.2, -0.15) is 0 Å². The average molecular weight is 340 g/mol. The van der Waals surface area contributed by atoms with Crippen LogP contribution in [0.1, 0.15) is 26.3 Å². The Morgan fingerprint density at radius 2 is 1.80 bits per heavy atom. The Kier molecular flexibility index (Phi) is 4.65. The number of hydrogen-bond donors (Lipinski definition) is 2. The van der Waals surface area contributed by atoms with Gasteiger partial charge >= 0.3 is 12.0 Å². The molecule has 7 heteroatoms. The lowest BCUT2D eigenvalue weighted by Crippen LogP contribution is -2.19. The third-order valence-electron chi connectivity index (χ3n) is 3.73. The Morgan fingerprint density at radius 1 is 1.08 bits per heavy atom. The third-order valence-corrected chi connectivity index (χ3v) is 3.73. The molecular weight excluding hydrogens is 324 g/mol. The van der Waals surface area contributed by atoms with Crippen molar-refractivity contribution >= 4 is 23.5 Å². The fourth-order valence-electron chi connectivity index (χ4n) is 2.49. The van der Waals surface area contributed by atoms with Crippen LogP contribution in [0.25, 0.3) is 0 Å². The van der Waals surface area contributed by atoms with E-state index in [9.17, 15) is 14.4 Å². The van der Waals surface area contributed by atoms with E-state index >= 15 is 0 Å². The first-order chi connectivity index (χ1) is 12.0. The number of Topliss-reactive ketones (excluding diaryl/α,β-unsaturated/α-hetero) is 1. The van der Waals surface area contributed by atoms with Gasteiger partial charge in [0.2, 0.25) is 0 Å². The second-order valence-corrected chi connectivity index (χ2v) is 5.49. The minimum Gasteiger partial charge on any atom is -0.493 e. The summed E-state index contributed by atoms with van der Waals surface area (Å²) in [7, 11) is 0. The van der Waals surface area contributed by atoms with Crippen LogP contribution in [0.5, 0.6) is 5.75 Å². The van der Waals surface area contributed by atoms with E-state index < -0.39 is 12.0 Å². The van der Waals surface area contributed by atoms with Crippen LogP contribution >= 0.6 is 0 Å². The van der Waals surface area contributed by atoms with Gasteiger partial charge in [-0.3, -0.25) is 4.79 Å². The normalized spacial score (nSPS) is 12.0. The fraction of sp³-hybridized carbons (Fsp3) is 0.167. The maximum absolute atomic E-state index is 12.2. The Labute approximate surface area is 143 Å². The van der Waals surface area contributed by atoms with Crippen LogP contribution in [0.4, 0.5) is 10.5 Å². The molecule has 1 heterocycles. The summed E-state index contributed by atoms with van der Waals surface area (Å²) >= 11 is 0. The number of amides is 2. The molecule has 1 aliphatic rings. The van der Waals surface area contributed by atoms with Crippen LogP contribution in [-0.2, 0) is 11.2 Å². The summed E-state index contributed by atoms with van der Waals surface area (Å²) < 4.78 is 10.4. The van der Waals surface area contributed by atoms with Gasteiger partial charge in [-0.1, -0.05) is 0 Å². The first-order valence-corrected chi connectivity index (χ1v) is 7.65. The van der Waals surface area contributed by atoms with Crippen molar-refractivity contribution in [2.45, 2.75) is 6.42 Å². The van der Waals surface area contributed by atoms with Gasteiger partial charge in [0.25, 0.3) is 0 Å². The van der Waals surface area contributed by atoms with Crippen LogP contribution in [0.2, 0.25) is 0 Å². The number of rotatable bonds is 5. The summed E-state index contributed by atoms with van der Waals surface area (Å²) in [6.45, 7) is 0.266. The number of urea groups is 1. The molecule has 0 radical (unpaired) electrons. The minimum absolute atomic E-state index is 0.269. The number of ketones is 1. The topological polar surface area (TPSA) is 108 Å². The number of fused-ring (bicyclic) bond motifs is 1. The molecule has 3 rings (SSSR count). The van der Waals surface area contributed by atoms with E-state index in [1.165, 1.54) is 24.3 Å². The van der Waals surface area contributed by atoms with Crippen LogP contribution < -0.4 is 15.8 Å². The third kappa shape index (κ3) is 3.95. The quantitative estimate of drug-likeness (QED) is 0.640. The molecule has 7 nitrogen and oxygen atoms in total. The van der Waals surface area contributed by atoms with E-state index in [0.717, 1.165) is 17.7 Å². The van der Waals surface area contributed by atoms with E-state index in [-0.39, 0.29) is 18.0 Å².